The van der Waals surface area contributed by atoms with E-state index in [2.05, 4.69) is 0 Å². The van der Waals surface area contributed by atoms with Crippen molar-refractivity contribution in [3.63, 3.8) is 0 Å². The van der Waals surface area contributed by atoms with E-state index in [1.54, 1.807) is 12.1 Å². The predicted molar refractivity (Wildman–Crippen MR) is 59.9 cm³/mol. The fraction of sp³-hybridized carbons (Fsp3) is 0.200. The largest absolute Gasteiger partial charge is 0.269 e. The van der Waals surface area contributed by atoms with Crippen LogP contribution in [0.25, 0.3) is 0 Å². The third-order valence-electron chi connectivity index (χ3n) is 2.38. The van der Waals surface area contributed by atoms with Crippen LogP contribution in [0.1, 0.15) is 10.4 Å². The first kappa shape index (κ1) is 11.9. The van der Waals surface area contributed by atoms with Gasteiger partial charge in [-0.25, -0.2) is 12.7 Å². The number of hydrogen-bond acceptors (Lipinski definition) is 4. The van der Waals surface area contributed by atoms with Crippen molar-refractivity contribution in [1.29, 1.82) is 5.26 Å². The van der Waals surface area contributed by atoms with Gasteiger partial charge < -0.3 is 0 Å². The number of amides is 1. The Morgan fingerprint density at radius 1 is 1.41 bits per heavy atom. The monoisotopic (exact) mass is 270 g/mol. The van der Waals surface area contributed by atoms with E-state index in [0.29, 0.717) is 4.31 Å². The molecule has 0 aliphatic carbocycles. The van der Waals surface area contributed by atoms with Crippen LogP contribution in [0.15, 0.2) is 29.2 Å². The Morgan fingerprint density at radius 3 is 2.65 bits per heavy atom. The minimum absolute atomic E-state index is 0.0354. The van der Waals surface area contributed by atoms with Crippen LogP contribution in [0.4, 0.5) is 0 Å². The molecule has 7 heteroatoms. The molecule has 0 radical (unpaired) electrons. The molecule has 1 aromatic rings. The number of rotatable bonds is 2. The van der Waals surface area contributed by atoms with Gasteiger partial charge in [-0.2, -0.15) is 5.26 Å². The van der Waals surface area contributed by atoms with E-state index in [1.807, 2.05) is 0 Å². The van der Waals surface area contributed by atoms with Crippen molar-refractivity contribution in [2.24, 2.45) is 0 Å². The Bertz CT molecular complexity index is 621. The van der Waals surface area contributed by atoms with Gasteiger partial charge in [-0.05, 0) is 12.1 Å². The molecule has 0 fully saturated rings. The summed E-state index contributed by atoms with van der Waals surface area (Å²) in [4.78, 5) is 11.8. The summed E-state index contributed by atoms with van der Waals surface area (Å²) in [6.45, 7) is -0.339. The minimum atomic E-state index is -3.85. The predicted octanol–water partition coefficient (Wildman–Crippen LogP) is 0.962. The lowest BCUT2D eigenvalue weighted by Crippen LogP contribution is -2.34. The molecule has 0 bridgehead atoms. The molecule has 5 nitrogen and oxygen atoms in total. The SMILES string of the molecule is N#CC(Cl)CN1C(=O)c2ccccc2S1(=O)=O. The summed E-state index contributed by atoms with van der Waals surface area (Å²) in [5.41, 5.74) is 0.120. The van der Waals surface area contributed by atoms with Gasteiger partial charge in [0.05, 0.1) is 18.2 Å². The first-order valence-electron chi connectivity index (χ1n) is 4.68. The number of nitriles is 1. The number of alkyl halides is 1. The maximum Gasteiger partial charge on any atom is 0.269 e. The molecule has 1 heterocycles. The lowest BCUT2D eigenvalue weighted by molar-refractivity contribution is 0.0873. The van der Waals surface area contributed by atoms with Crippen molar-refractivity contribution in [3.8, 4) is 6.07 Å². The second kappa shape index (κ2) is 4.02. The van der Waals surface area contributed by atoms with Gasteiger partial charge in [0.2, 0.25) is 0 Å². The third kappa shape index (κ3) is 1.77. The zero-order chi connectivity index (χ0) is 12.6. The van der Waals surface area contributed by atoms with Crippen molar-refractivity contribution in [1.82, 2.24) is 4.31 Å². The van der Waals surface area contributed by atoms with Gasteiger partial charge >= 0.3 is 0 Å². The standard InChI is InChI=1S/C10H7ClN2O3S/c11-7(5-12)6-13-10(14)8-3-1-2-4-9(8)17(13,15)16/h1-4,7H,6H2. The Kier molecular flexibility index (Phi) is 2.81. The van der Waals surface area contributed by atoms with Gasteiger partial charge in [0.1, 0.15) is 10.3 Å². The summed E-state index contributed by atoms with van der Waals surface area (Å²) < 4.78 is 24.6. The molecule has 17 heavy (non-hydrogen) atoms. The molecule has 0 saturated carbocycles. The van der Waals surface area contributed by atoms with Crippen LogP contribution < -0.4 is 0 Å². The average Bonchev–Trinajstić information content (AvgIpc) is 2.51. The quantitative estimate of drug-likeness (QED) is 0.750. The highest BCUT2D eigenvalue weighted by Gasteiger charge is 2.41. The molecule has 1 atom stereocenters. The second-order valence-electron chi connectivity index (χ2n) is 3.43. The smallest absolute Gasteiger partial charge is 0.268 e. The molecule has 1 aliphatic rings. The van der Waals surface area contributed by atoms with Crippen LogP contribution in [0.2, 0.25) is 0 Å². The Balaban J connectivity index is 2.49. The van der Waals surface area contributed by atoms with Crippen LogP contribution in [-0.4, -0.2) is 30.6 Å². The van der Waals surface area contributed by atoms with E-state index in [4.69, 9.17) is 16.9 Å². The molecule has 0 N–H and O–H groups in total. The number of hydrogen-bond donors (Lipinski definition) is 0. The zero-order valence-electron chi connectivity index (χ0n) is 8.50. The van der Waals surface area contributed by atoms with Crippen molar-refractivity contribution in [3.05, 3.63) is 29.8 Å². The molecular weight excluding hydrogens is 264 g/mol. The van der Waals surface area contributed by atoms with Crippen LogP contribution in [0.5, 0.6) is 0 Å². The zero-order valence-corrected chi connectivity index (χ0v) is 10.1. The van der Waals surface area contributed by atoms with Crippen molar-refractivity contribution in [2.75, 3.05) is 6.54 Å². The van der Waals surface area contributed by atoms with Gasteiger partial charge in [0.25, 0.3) is 15.9 Å². The number of carbonyl (C=O) groups excluding carboxylic acids is 1. The highest BCUT2D eigenvalue weighted by Crippen LogP contribution is 2.30. The van der Waals surface area contributed by atoms with Gasteiger partial charge in [0, 0.05) is 0 Å². The lowest BCUT2D eigenvalue weighted by Gasteiger charge is -2.14. The molecule has 0 aromatic heterocycles. The third-order valence-corrected chi connectivity index (χ3v) is 4.42. The molecule has 1 aromatic carbocycles. The molecule has 1 amide bonds. The summed E-state index contributed by atoms with van der Waals surface area (Å²) in [6.07, 6.45) is 0. The summed E-state index contributed by atoms with van der Waals surface area (Å²) in [7, 11) is -3.85. The first-order chi connectivity index (χ1) is 7.98. The number of sulfonamides is 1. The number of carbonyl (C=O) groups is 1. The average molecular weight is 271 g/mol. The van der Waals surface area contributed by atoms with E-state index in [9.17, 15) is 13.2 Å². The van der Waals surface area contributed by atoms with Crippen LogP contribution >= 0.6 is 11.6 Å². The molecular formula is C10H7ClN2O3S. The van der Waals surface area contributed by atoms with Crippen LogP contribution in [0, 0.1) is 11.3 Å². The molecule has 0 saturated heterocycles. The van der Waals surface area contributed by atoms with Gasteiger partial charge in [-0.1, -0.05) is 12.1 Å². The number of benzene rings is 1. The molecule has 0 spiro atoms. The van der Waals surface area contributed by atoms with Gasteiger partial charge in [-0.15, -0.1) is 11.6 Å². The Hall–Kier alpha value is -1.58. The summed E-state index contributed by atoms with van der Waals surface area (Å²) >= 11 is 5.56. The van der Waals surface area contributed by atoms with E-state index in [0.717, 1.165) is 0 Å². The van der Waals surface area contributed by atoms with E-state index < -0.39 is 21.3 Å². The maximum absolute atomic E-state index is 12.0. The van der Waals surface area contributed by atoms with E-state index in [-0.39, 0.29) is 17.0 Å². The topological polar surface area (TPSA) is 78.2 Å². The summed E-state index contributed by atoms with van der Waals surface area (Å²) in [6, 6.07) is 7.60. The molecule has 1 unspecified atom stereocenters. The van der Waals surface area contributed by atoms with Crippen LogP contribution in [-0.2, 0) is 10.0 Å². The highest BCUT2D eigenvalue weighted by molar-refractivity contribution is 7.90. The van der Waals surface area contributed by atoms with Gasteiger partial charge in [0.15, 0.2) is 0 Å². The Labute approximate surface area is 103 Å². The molecule has 1 aliphatic heterocycles. The molecule has 2 rings (SSSR count). The maximum atomic E-state index is 12.0. The summed E-state index contributed by atoms with van der Waals surface area (Å²) in [5, 5.41) is 7.50. The minimum Gasteiger partial charge on any atom is -0.268 e. The van der Waals surface area contributed by atoms with Crippen LogP contribution in [0.3, 0.4) is 0 Å². The number of nitrogens with zero attached hydrogens (tertiary/aromatic N) is 2. The Morgan fingerprint density at radius 2 is 2.06 bits per heavy atom. The van der Waals surface area contributed by atoms with E-state index >= 15 is 0 Å². The summed E-state index contributed by atoms with van der Waals surface area (Å²) in [5.74, 6) is -0.638. The van der Waals surface area contributed by atoms with Gasteiger partial charge in [-0.3, -0.25) is 4.79 Å². The van der Waals surface area contributed by atoms with Crippen molar-refractivity contribution >= 4 is 27.5 Å². The first-order valence-corrected chi connectivity index (χ1v) is 6.56. The lowest BCUT2D eigenvalue weighted by atomic mass is 10.2. The number of halogens is 1. The fourth-order valence-electron chi connectivity index (χ4n) is 1.60. The normalized spacial score (nSPS) is 18.6. The van der Waals surface area contributed by atoms with E-state index in [1.165, 1.54) is 18.2 Å². The van der Waals surface area contributed by atoms with Crippen molar-refractivity contribution < 1.29 is 13.2 Å². The number of fused-ring (bicyclic) bond motifs is 1. The highest BCUT2D eigenvalue weighted by atomic mass is 35.5. The fourth-order valence-corrected chi connectivity index (χ4v) is 3.40. The second-order valence-corrected chi connectivity index (χ2v) is 5.79. The molecule has 88 valence electrons. The van der Waals surface area contributed by atoms with Crippen molar-refractivity contribution in [2.45, 2.75) is 10.3 Å².